The van der Waals surface area contributed by atoms with Gasteiger partial charge in [-0.15, -0.1) is 0 Å². The summed E-state index contributed by atoms with van der Waals surface area (Å²) in [6.45, 7) is 4.14. The molecule has 0 bridgehead atoms. The monoisotopic (exact) mass is 358 g/mol. The van der Waals surface area contributed by atoms with E-state index in [0.29, 0.717) is 0 Å². The molecule has 0 aliphatic rings. The molecule has 0 aliphatic carbocycles. The van der Waals surface area contributed by atoms with Crippen molar-refractivity contribution < 1.29 is 4.79 Å². The molecule has 138 valence electrons. The average Bonchev–Trinajstić information content (AvgIpc) is 2.73. The molecule has 0 saturated carbocycles. The highest BCUT2D eigenvalue weighted by molar-refractivity contribution is 5.75. The van der Waals surface area contributed by atoms with E-state index in [2.05, 4.69) is 41.8 Å². The Hall–Kier alpha value is -3.07. The minimum absolute atomic E-state index is 0.0666. The zero-order valence-corrected chi connectivity index (χ0v) is 15.9. The zero-order chi connectivity index (χ0) is 19.1. The number of hydrogen-bond acceptors (Lipinski definition) is 1. The van der Waals surface area contributed by atoms with Crippen molar-refractivity contribution in [1.29, 1.82) is 0 Å². The van der Waals surface area contributed by atoms with Gasteiger partial charge in [0.1, 0.15) is 0 Å². The summed E-state index contributed by atoms with van der Waals surface area (Å²) in [5.41, 5.74) is 4.50. The van der Waals surface area contributed by atoms with Crippen LogP contribution in [-0.4, -0.2) is 6.03 Å². The number of amides is 2. The topological polar surface area (TPSA) is 41.1 Å². The number of carbonyl (C=O) groups excluding carboxylic acids is 1. The summed E-state index contributed by atoms with van der Waals surface area (Å²) >= 11 is 0. The minimum Gasteiger partial charge on any atom is -0.332 e. The molecule has 0 saturated heterocycles. The van der Waals surface area contributed by atoms with Crippen molar-refractivity contribution in [2.45, 2.75) is 32.4 Å². The Morgan fingerprint density at radius 2 is 1.26 bits per heavy atom. The summed E-state index contributed by atoms with van der Waals surface area (Å²) in [6, 6.07) is 28.0. The Morgan fingerprint density at radius 3 is 1.74 bits per heavy atom. The van der Waals surface area contributed by atoms with Gasteiger partial charge >= 0.3 is 6.03 Å². The van der Waals surface area contributed by atoms with Gasteiger partial charge in [0, 0.05) is 0 Å². The molecule has 27 heavy (non-hydrogen) atoms. The Bertz CT molecular complexity index is 805. The van der Waals surface area contributed by atoms with Crippen LogP contribution in [-0.2, 0) is 6.42 Å². The van der Waals surface area contributed by atoms with E-state index in [1.165, 1.54) is 5.56 Å². The van der Waals surface area contributed by atoms with Gasteiger partial charge in [-0.2, -0.15) is 0 Å². The van der Waals surface area contributed by atoms with E-state index < -0.39 is 0 Å². The van der Waals surface area contributed by atoms with Crippen molar-refractivity contribution in [2.75, 3.05) is 0 Å². The van der Waals surface area contributed by atoms with Crippen molar-refractivity contribution in [1.82, 2.24) is 10.6 Å². The Labute approximate surface area is 161 Å². The third-order valence-electron chi connectivity index (χ3n) is 4.78. The SMILES string of the molecule is CCc1ccc(C(C)NC(=O)NC(c2ccccc2)c2ccccc2)cc1. The molecule has 0 spiro atoms. The molecular weight excluding hydrogens is 332 g/mol. The van der Waals surface area contributed by atoms with Crippen LogP contribution in [0.1, 0.15) is 48.2 Å². The average molecular weight is 358 g/mol. The number of aryl methyl sites for hydroxylation is 1. The molecule has 0 aliphatic heterocycles. The lowest BCUT2D eigenvalue weighted by Crippen LogP contribution is -2.39. The molecule has 0 radical (unpaired) electrons. The van der Waals surface area contributed by atoms with E-state index in [1.54, 1.807) is 0 Å². The second kappa shape index (κ2) is 9.04. The van der Waals surface area contributed by atoms with Crippen LogP contribution >= 0.6 is 0 Å². The molecule has 3 heteroatoms. The lowest BCUT2D eigenvalue weighted by Gasteiger charge is -2.22. The van der Waals surface area contributed by atoms with Gasteiger partial charge in [-0.05, 0) is 35.6 Å². The first kappa shape index (κ1) is 18.7. The smallest absolute Gasteiger partial charge is 0.316 e. The number of hydrogen-bond donors (Lipinski definition) is 2. The van der Waals surface area contributed by atoms with Crippen molar-refractivity contribution in [3.63, 3.8) is 0 Å². The van der Waals surface area contributed by atoms with Gasteiger partial charge in [-0.3, -0.25) is 0 Å². The van der Waals surface area contributed by atoms with Crippen LogP contribution in [0.25, 0.3) is 0 Å². The quantitative estimate of drug-likeness (QED) is 0.609. The first-order valence-corrected chi connectivity index (χ1v) is 9.43. The number of nitrogens with one attached hydrogen (secondary N) is 2. The highest BCUT2D eigenvalue weighted by atomic mass is 16.2. The molecular formula is C24H26N2O. The van der Waals surface area contributed by atoms with Crippen LogP contribution in [0.4, 0.5) is 4.79 Å². The maximum absolute atomic E-state index is 12.7. The van der Waals surface area contributed by atoms with Gasteiger partial charge in [-0.1, -0.05) is 91.9 Å². The molecule has 2 N–H and O–H groups in total. The van der Waals surface area contributed by atoms with Crippen LogP contribution in [0.2, 0.25) is 0 Å². The molecule has 2 amide bonds. The van der Waals surface area contributed by atoms with Crippen molar-refractivity contribution in [3.05, 3.63) is 107 Å². The summed E-state index contributed by atoms with van der Waals surface area (Å²) in [5, 5.41) is 6.18. The number of rotatable bonds is 6. The van der Waals surface area contributed by atoms with E-state index in [4.69, 9.17) is 0 Å². The van der Waals surface area contributed by atoms with Gasteiger partial charge in [0.25, 0.3) is 0 Å². The van der Waals surface area contributed by atoms with E-state index in [0.717, 1.165) is 23.1 Å². The fraction of sp³-hybridized carbons (Fsp3) is 0.208. The van der Waals surface area contributed by atoms with Crippen molar-refractivity contribution in [3.8, 4) is 0 Å². The normalized spacial score (nSPS) is 11.8. The minimum atomic E-state index is -0.193. The van der Waals surface area contributed by atoms with Crippen molar-refractivity contribution in [2.24, 2.45) is 0 Å². The maximum Gasteiger partial charge on any atom is 0.316 e. The van der Waals surface area contributed by atoms with E-state index in [9.17, 15) is 4.79 Å². The van der Waals surface area contributed by atoms with Crippen LogP contribution in [0.5, 0.6) is 0 Å². The molecule has 3 aromatic carbocycles. The Kier molecular flexibility index (Phi) is 6.26. The lowest BCUT2D eigenvalue weighted by molar-refractivity contribution is 0.235. The third kappa shape index (κ3) is 4.98. The van der Waals surface area contributed by atoms with Crippen LogP contribution in [0.3, 0.4) is 0 Å². The number of benzene rings is 3. The predicted molar refractivity (Wildman–Crippen MR) is 111 cm³/mol. The summed E-state index contributed by atoms with van der Waals surface area (Å²) in [4.78, 5) is 12.7. The molecule has 1 atom stereocenters. The summed E-state index contributed by atoms with van der Waals surface area (Å²) < 4.78 is 0. The fourth-order valence-electron chi connectivity index (χ4n) is 3.14. The molecule has 0 fully saturated rings. The van der Waals surface area contributed by atoms with E-state index in [-0.39, 0.29) is 18.1 Å². The third-order valence-corrected chi connectivity index (χ3v) is 4.78. The molecule has 1 unspecified atom stereocenters. The van der Waals surface area contributed by atoms with Crippen LogP contribution in [0.15, 0.2) is 84.9 Å². The Morgan fingerprint density at radius 1 is 0.741 bits per heavy atom. The molecule has 3 nitrogen and oxygen atoms in total. The van der Waals surface area contributed by atoms with E-state index >= 15 is 0 Å². The van der Waals surface area contributed by atoms with Gasteiger partial charge in [-0.25, -0.2) is 4.79 Å². The maximum atomic E-state index is 12.7. The second-order valence-corrected chi connectivity index (χ2v) is 6.69. The highest BCUT2D eigenvalue weighted by Crippen LogP contribution is 2.22. The standard InChI is InChI=1S/C24H26N2O/c1-3-19-14-16-20(17-15-19)18(2)25-24(27)26-23(21-10-6-4-7-11-21)22-12-8-5-9-13-22/h4-18,23H,3H2,1-2H3,(H2,25,26,27). The first-order valence-electron chi connectivity index (χ1n) is 9.43. The first-order chi connectivity index (χ1) is 13.2. The molecule has 3 rings (SSSR count). The van der Waals surface area contributed by atoms with Gasteiger partial charge in [0.2, 0.25) is 0 Å². The molecule has 0 aromatic heterocycles. The fourth-order valence-corrected chi connectivity index (χ4v) is 3.14. The molecule has 0 heterocycles. The summed E-state index contributed by atoms with van der Waals surface area (Å²) in [5.74, 6) is 0. The second-order valence-electron chi connectivity index (χ2n) is 6.69. The predicted octanol–water partition coefficient (Wildman–Crippen LogP) is 5.40. The van der Waals surface area contributed by atoms with Crippen LogP contribution < -0.4 is 10.6 Å². The van der Waals surface area contributed by atoms with Crippen LogP contribution in [0, 0.1) is 0 Å². The van der Waals surface area contributed by atoms with Gasteiger partial charge in [0.15, 0.2) is 0 Å². The zero-order valence-electron chi connectivity index (χ0n) is 15.9. The summed E-state index contributed by atoms with van der Waals surface area (Å²) in [6.07, 6.45) is 1.01. The molecule has 3 aromatic rings. The summed E-state index contributed by atoms with van der Waals surface area (Å²) in [7, 11) is 0. The van der Waals surface area contributed by atoms with Gasteiger partial charge in [0.05, 0.1) is 12.1 Å². The lowest BCUT2D eigenvalue weighted by atomic mass is 9.99. The van der Waals surface area contributed by atoms with E-state index in [1.807, 2.05) is 67.6 Å². The van der Waals surface area contributed by atoms with Gasteiger partial charge < -0.3 is 10.6 Å². The Balaban J connectivity index is 1.72. The number of carbonyl (C=O) groups is 1. The highest BCUT2D eigenvalue weighted by Gasteiger charge is 2.18. The van der Waals surface area contributed by atoms with Crippen molar-refractivity contribution >= 4 is 6.03 Å². The number of urea groups is 1. The largest absolute Gasteiger partial charge is 0.332 e.